The number of aryl methyl sites for hydroxylation is 1. The van der Waals surface area contributed by atoms with Gasteiger partial charge in [-0.1, -0.05) is 0 Å². The van der Waals surface area contributed by atoms with E-state index in [0.29, 0.717) is 43.8 Å². The molecule has 0 spiro atoms. The molecule has 0 saturated heterocycles. The van der Waals surface area contributed by atoms with Gasteiger partial charge >= 0.3 is 8.80 Å². The molecule has 0 aromatic heterocycles. The highest BCUT2D eigenvalue weighted by molar-refractivity contribution is 6.60. The maximum atomic E-state index is 5.90. The van der Waals surface area contributed by atoms with Gasteiger partial charge in [0.25, 0.3) is 0 Å². The molecule has 0 unspecified atom stereocenters. The lowest BCUT2D eigenvalue weighted by Gasteiger charge is -2.28. The van der Waals surface area contributed by atoms with Gasteiger partial charge in [0.2, 0.25) is 0 Å². The van der Waals surface area contributed by atoms with Crippen LogP contribution in [0.3, 0.4) is 0 Å². The van der Waals surface area contributed by atoms with Crippen molar-refractivity contribution in [1.82, 2.24) is 0 Å². The third kappa shape index (κ3) is 5.37. The Bertz CT molecular complexity index is 477. The van der Waals surface area contributed by atoms with Crippen LogP contribution >= 0.6 is 0 Å². The molecule has 0 fully saturated rings. The van der Waals surface area contributed by atoms with E-state index >= 15 is 0 Å². The first-order valence-corrected chi connectivity index (χ1v) is 10.2. The van der Waals surface area contributed by atoms with Crippen molar-refractivity contribution in [3.63, 3.8) is 0 Å². The summed E-state index contributed by atoms with van der Waals surface area (Å²) < 4.78 is 33.9. The van der Waals surface area contributed by atoms with Crippen LogP contribution < -0.4 is 14.2 Å². The molecule has 0 N–H and O–H groups in total. The predicted molar refractivity (Wildman–Crippen MR) is 95.2 cm³/mol. The van der Waals surface area contributed by atoms with Crippen molar-refractivity contribution >= 4 is 8.80 Å². The summed E-state index contributed by atoms with van der Waals surface area (Å²) in [4.78, 5) is 0. The van der Waals surface area contributed by atoms with Crippen molar-refractivity contribution in [3.8, 4) is 17.2 Å². The lowest BCUT2D eigenvalue weighted by atomic mass is 10.1. The molecule has 0 amide bonds. The van der Waals surface area contributed by atoms with Gasteiger partial charge in [-0.25, -0.2) is 0 Å². The molecule has 0 saturated carbocycles. The topological polar surface area (TPSA) is 55.4 Å². The molecule has 6 nitrogen and oxygen atoms in total. The van der Waals surface area contributed by atoms with Gasteiger partial charge in [0, 0.05) is 31.9 Å². The lowest BCUT2D eigenvalue weighted by Crippen LogP contribution is -2.46. The molecule has 0 atom stereocenters. The summed E-state index contributed by atoms with van der Waals surface area (Å²) >= 11 is 0. The largest absolute Gasteiger partial charge is 0.501 e. The quantitative estimate of drug-likeness (QED) is 0.534. The van der Waals surface area contributed by atoms with Crippen LogP contribution in [-0.4, -0.2) is 50.0 Å². The Morgan fingerprint density at radius 1 is 0.708 bits per heavy atom. The second-order valence-corrected chi connectivity index (χ2v) is 7.73. The first kappa shape index (κ1) is 20.8. The van der Waals surface area contributed by atoms with E-state index in [2.05, 4.69) is 0 Å². The summed E-state index contributed by atoms with van der Waals surface area (Å²) in [5.74, 6) is 2.06. The van der Waals surface area contributed by atoms with Crippen LogP contribution in [0.4, 0.5) is 0 Å². The Labute approximate surface area is 146 Å². The minimum Gasteiger partial charge on any atom is -0.496 e. The Morgan fingerprint density at radius 2 is 1.17 bits per heavy atom. The normalized spacial score (nSPS) is 11.4. The minimum atomic E-state index is -2.69. The van der Waals surface area contributed by atoms with Gasteiger partial charge < -0.3 is 27.5 Å². The Hall–Kier alpha value is -1.28. The smallest absolute Gasteiger partial charge is 0.496 e. The molecule has 0 aliphatic carbocycles. The fourth-order valence-electron chi connectivity index (χ4n) is 2.58. The van der Waals surface area contributed by atoms with Gasteiger partial charge in [0.15, 0.2) is 11.5 Å². The molecule has 1 aromatic carbocycles. The molecular weight excluding hydrogens is 328 g/mol. The Kier molecular flexibility index (Phi) is 9.13. The average Bonchev–Trinajstić information content (AvgIpc) is 2.59. The molecule has 0 bridgehead atoms. The van der Waals surface area contributed by atoms with Crippen molar-refractivity contribution in [2.45, 2.75) is 33.2 Å². The summed E-state index contributed by atoms with van der Waals surface area (Å²) in [6.45, 7) is 7.56. The van der Waals surface area contributed by atoms with Crippen LogP contribution in [-0.2, 0) is 19.7 Å². The summed E-state index contributed by atoms with van der Waals surface area (Å²) in [6, 6.07) is 4.44. The standard InChI is InChI=1S/C17H30O6Si/c1-7-21-24(22-8-2,23-9-3)11-10-14-12-16(19-5)17(20-6)13-15(14)18-4/h12-13H,7-11H2,1-6H3. The summed E-state index contributed by atoms with van der Waals surface area (Å²) in [6.07, 6.45) is 0.704. The average molecular weight is 359 g/mol. The van der Waals surface area contributed by atoms with Crippen molar-refractivity contribution in [1.29, 1.82) is 0 Å². The number of hydrogen-bond acceptors (Lipinski definition) is 6. The van der Waals surface area contributed by atoms with Crippen molar-refractivity contribution in [2.75, 3.05) is 41.2 Å². The molecule has 0 aliphatic heterocycles. The van der Waals surface area contributed by atoms with Gasteiger partial charge in [-0.2, -0.15) is 0 Å². The molecule has 0 radical (unpaired) electrons. The highest BCUT2D eigenvalue weighted by Gasteiger charge is 2.40. The summed E-state index contributed by atoms with van der Waals surface area (Å²) in [5.41, 5.74) is 1.01. The zero-order valence-corrected chi connectivity index (χ0v) is 16.6. The second-order valence-electron chi connectivity index (χ2n) is 5.00. The van der Waals surface area contributed by atoms with Gasteiger partial charge in [0.1, 0.15) is 5.75 Å². The van der Waals surface area contributed by atoms with E-state index < -0.39 is 8.80 Å². The number of benzene rings is 1. The Balaban J connectivity index is 3.04. The molecule has 138 valence electrons. The van der Waals surface area contributed by atoms with E-state index in [1.807, 2.05) is 32.9 Å². The van der Waals surface area contributed by atoms with Gasteiger partial charge in [-0.05, 0) is 38.8 Å². The van der Waals surface area contributed by atoms with E-state index in [1.165, 1.54) is 0 Å². The predicted octanol–water partition coefficient (Wildman–Crippen LogP) is 3.30. The lowest BCUT2D eigenvalue weighted by molar-refractivity contribution is 0.0714. The van der Waals surface area contributed by atoms with Crippen LogP contribution in [0.2, 0.25) is 6.04 Å². The fourth-order valence-corrected chi connectivity index (χ4v) is 5.15. The van der Waals surface area contributed by atoms with Gasteiger partial charge in [-0.15, -0.1) is 0 Å². The summed E-state index contributed by atoms with van der Waals surface area (Å²) in [5, 5.41) is 0. The first-order chi connectivity index (χ1) is 11.6. The zero-order chi connectivity index (χ0) is 18.0. The monoisotopic (exact) mass is 358 g/mol. The summed E-state index contributed by atoms with van der Waals surface area (Å²) in [7, 11) is 2.17. The number of rotatable bonds is 12. The maximum Gasteiger partial charge on any atom is 0.501 e. The zero-order valence-electron chi connectivity index (χ0n) is 15.6. The Morgan fingerprint density at radius 3 is 1.58 bits per heavy atom. The second kappa shape index (κ2) is 10.6. The molecule has 0 heterocycles. The fraction of sp³-hybridized carbons (Fsp3) is 0.647. The van der Waals surface area contributed by atoms with Crippen molar-refractivity contribution in [3.05, 3.63) is 17.7 Å². The van der Waals surface area contributed by atoms with E-state index in [4.69, 9.17) is 27.5 Å². The highest BCUT2D eigenvalue weighted by Crippen LogP contribution is 2.36. The molecule has 24 heavy (non-hydrogen) atoms. The molecule has 0 aliphatic rings. The molecule has 1 aromatic rings. The van der Waals surface area contributed by atoms with Gasteiger partial charge in [-0.3, -0.25) is 0 Å². The van der Waals surface area contributed by atoms with Crippen LogP contribution in [0.5, 0.6) is 17.2 Å². The van der Waals surface area contributed by atoms with E-state index in [9.17, 15) is 0 Å². The van der Waals surface area contributed by atoms with E-state index in [-0.39, 0.29) is 0 Å². The molecule has 7 heteroatoms. The number of ether oxygens (including phenoxy) is 3. The molecular formula is C17H30O6Si. The van der Waals surface area contributed by atoms with Crippen LogP contribution in [0.1, 0.15) is 26.3 Å². The maximum absolute atomic E-state index is 5.90. The third-order valence-electron chi connectivity index (χ3n) is 3.58. The van der Waals surface area contributed by atoms with Crippen molar-refractivity contribution in [2.24, 2.45) is 0 Å². The van der Waals surface area contributed by atoms with Gasteiger partial charge in [0.05, 0.1) is 21.3 Å². The third-order valence-corrected chi connectivity index (χ3v) is 6.63. The van der Waals surface area contributed by atoms with Crippen molar-refractivity contribution < 1.29 is 27.5 Å². The number of hydrogen-bond donors (Lipinski definition) is 0. The molecule has 1 rings (SSSR count). The van der Waals surface area contributed by atoms with Crippen LogP contribution in [0, 0.1) is 0 Å². The van der Waals surface area contributed by atoms with Crippen LogP contribution in [0.15, 0.2) is 12.1 Å². The minimum absolute atomic E-state index is 0.565. The number of methoxy groups -OCH3 is 3. The van der Waals surface area contributed by atoms with Crippen LogP contribution in [0.25, 0.3) is 0 Å². The SMILES string of the molecule is CCO[Si](CCc1cc(OC)c(OC)cc1OC)(OCC)OCC. The van der Waals surface area contributed by atoms with E-state index in [0.717, 1.165) is 11.3 Å². The highest BCUT2D eigenvalue weighted by atomic mass is 28.4. The first-order valence-electron chi connectivity index (χ1n) is 8.30. The van der Waals surface area contributed by atoms with E-state index in [1.54, 1.807) is 21.3 Å².